The van der Waals surface area contributed by atoms with Gasteiger partial charge in [0.2, 0.25) is 0 Å². The van der Waals surface area contributed by atoms with E-state index >= 15 is 0 Å². The lowest BCUT2D eigenvalue weighted by Crippen LogP contribution is -2.30. The molecule has 0 aromatic heterocycles. The van der Waals surface area contributed by atoms with E-state index in [1.165, 1.54) is 0 Å². The first-order valence-corrected chi connectivity index (χ1v) is 5.61. The molecule has 0 unspecified atom stereocenters. The van der Waals surface area contributed by atoms with Gasteiger partial charge in [0.15, 0.2) is 0 Å². The van der Waals surface area contributed by atoms with Crippen LogP contribution in [0.2, 0.25) is 5.02 Å². The summed E-state index contributed by atoms with van der Waals surface area (Å²) in [6.07, 6.45) is 0.595. The van der Waals surface area contributed by atoms with Crippen LogP contribution < -0.4 is 5.32 Å². The van der Waals surface area contributed by atoms with E-state index in [2.05, 4.69) is 5.32 Å². The van der Waals surface area contributed by atoms with Crippen molar-refractivity contribution in [1.29, 1.82) is 0 Å². The fraction of sp³-hybridized carbons (Fsp3) is 0.417. The monoisotopic (exact) mass is 241 g/mol. The second-order valence-corrected chi connectivity index (χ2v) is 4.61. The standard InChI is InChI=1S/C12H16ClNO2/c1-8(2)7-11(12(15)16)14-10-5-3-9(13)4-6-10/h3-6,8,11,14H,7H2,1-2H3,(H,15,16)/t11-/m0/s1. The van der Waals surface area contributed by atoms with E-state index in [0.29, 0.717) is 17.4 Å². The maximum Gasteiger partial charge on any atom is 0.326 e. The number of rotatable bonds is 5. The van der Waals surface area contributed by atoms with E-state index in [-0.39, 0.29) is 0 Å². The predicted octanol–water partition coefficient (Wildman–Crippen LogP) is 3.25. The first-order valence-electron chi connectivity index (χ1n) is 5.24. The summed E-state index contributed by atoms with van der Waals surface area (Å²) in [5.41, 5.74) is 0.775. The number of anilines is 1. The third-order valence-electron chi connectivity index (χ3n) is 2.19. The van der Waals surface area contributed by atoms with Crippen molar-refractivity contribution in [2.45, 2.75) is 26.3 Å². The molecule has 0 aliphatic heterocycles. The summed E-state index contributed by atoms with van der Waals surface area (Å²) in [6.45, 7) is 4.00. The molecule has 0 spiro atoms. The van der Waals surface area contributed by atoms with Gasteiger partial charge in [-0.2, -0.15) is 0 Å². The Bertz CT molecular complexity index is 349. The molecule has 0 aliphatic carbocycles. The minimum Gasteiger partial charge on any atom is -0.480 e. The second kappa shape index (κ2) is 5.75. The van der Waals surface area contributed by atoms with E-state index < -0.39 is 12.0 Å². The molecule has 0 saturated carbocycles. The van der Waals surface area contributed by atoms with Crippen molar-refractivity contribution in [3.05, 3.63) is 29.3 Å². The van der Waals surface area contributed by atoms with Gasteiger partial charge in [-0.3, -0.25) is 0 Å². The first kappa shape index (κ1) is 12.8. The lowest BCUT2D eigenvalue weighted by Gasteiger charge is -2.17. The number of carboxylic acids is 1. The third kappa shape index (κ3) is 4.11. The molecular weight excluding hydrogens is 226 g/mol. The van der Waals surface area contributed by atoms with Crippen molar-refractivity contribution in [2.75, 3.05) is 5.32 Å². The molecule has 1 rings (SSSR count). The Hall–Kier alpha value is -1.22. The van der Waals surface area contributed by atoms with Crippen LogP contribution in [0.1, 0.15) is 20.3 Å². The molecule has 1 aromatic rings. The lowest BCUT2D eigenvalue weighted by atomic mass is 10.0. The number of hydrogen-bond donors (Lipinski definition) is 2. The summed E-state index contributed by atoms with van der Waals surface area (Å²) >= 11 is 5.75. The Morgan fingerprint density at radius 1 is 1.38 bits per heavy atom. The van der Waals surface area contributed by atoms with Crippen LogP contribution in [0.25, 0.3) is 0 Å². The molecule has 0 heterocycles. The SMILES string of the molecule is CC(C)C[C@H](Nc1ccc(Cl)cc1)C(=O)O. The molecule has 3 nitrogen and oxygen atoms in total. The molecule has 0 radical (unpaired) electrons. The molecular formula is C12H16ClNO2. The highest BCUT2D eigenvalue weighted by Gasteiger charge is 2.18. The van der Waals surface area contributed by atoms with E-state index in [4.69, 9.17) is 16.7 Å². The number of halogens is 1. The van der Waals surface area contributed by atoms with Gasteiger partial charge in [-0.1, -0.05) is 25.4 Å². The van der Waals surface area contributed by atoms with Crippen LogP contribution in [-0.2, 0) is 4.79 Å². The highest BCUT2D eigenvalue weighted by molar-refractivity contribution is 6.30. The molecule has 4 heteroatoms. The highest BCUT2D eigenvalue weighted by Crippen LogP contribution is 2.16. The molecule has 0 saturated heterocycles. The topological polar surface area (TPSA) is 49.3 Å². The number of benzene rings is 1. The number of carbonyl (C=O) groups is 1. The van der Waals surface area contributed by atoms with Crippen LogP contribution in [0.4, 0.5) is 5.69 Å². The average Bonchev–Trinajstić information content (AvgIpc) is 2.19. The van der Waals surface area contributed by atoms with Crippen molar-refractivity contribution in [3.8, 4) is 0 Å². The van der Waals surface area contributed by atoms with Crippen LogP contribution in [0.5, 0.6) is 0 Å². The number of hydrogen-bond acceptors (Lipinski definition) is 2. The first-order chi connectivity index (χ1) is 7.49. The Morgan fingerprint density at radius 3 is 2.38 bits per heavy atom. The second-order valence-electron chi connectivity index (χ2n) is 4.17. The van der Waals surface area contributed by atoms with Gasteiger partial charge in [-0.15, -0.1) is 0 Å². The van der Waals surface area contributed by atoms with Gasteiger partial charge in [0.05, 0.1) is 0 Å². The Balaban J connectivity index is 2.68. The minimum absolute atomic E-state index is 0.334. The van der Waals surface area contributed by atoms with E-state index in [0.717, 1.165) is 5.69 Å². The average molecular weight is 242 g/mol. The van der Waals surface area contributed by atoms with Gasteiger partial charge in [-0.25, -0.2) is 4.79 Å². The van der Waals surface area contributed by atoms with Crippen LogP contribution in [-0.4, -0.2) is 17.1 Å². The summed E-state index contributed by atoms with van der Waals surface area (Å²) in [7, 11) is 0. The summed E-state index contributed by atoms with van der Waals surface area (Å²) in [5, 5.41) is 12.7. The fourth-order valence-corrected chi connectivity index (χ4v) is 1.57. The summed E-state index contributed by atoms with van der Waals surface area (Å²) in [5.74, 6) is -0.496. The summed E-state index contributed by atoms with van der Waals surface area (Å²) in [4.78, 5) is 11.0. The third-order valence-corrected chi connectivity index (χ3v) is 2.44. The zero-order valence-corrected chi connectivity index (χ0v) is 10.2. The number of nitrogens with one attached hydrogen (secondary N) is 1. The van der Waals surface area contributed by atoms with Crippen molar-refractivity contribution in [1.82, 2.24) is 0 Å². The van der Waals surface area contributed by atoms with Crippen LogP contribution in [0, 0.1) is 5.92 Å². The van der Waals surface area contributed by atoms with Crippen molar-refractivity contribution >= 4 is 23.3 Å². The highest BCUT2D eigenvalue weighted by atomic mass is 35.5. The summed E-state index contributed by atoms with van der Waals surface area (Å²) in [6, 6.07) is 6.47. The normalized spacial score (nSPS) is 12.5. The predicted molar refractivity (Wildman–Crippen MR) is 66.0 cm³/mol. The van der Waals surface area contributed by atoms with Gasteiger partial charge in [-0.05, 0) is 36.6 Å². The molecule has 1 aromatic carbocycles. The van der Waals surface area contributed by atoms with Crippen molar-refractivity contribution in [3.63, 3.8) is 0 Å². The van der Waals surface area contributed by atoms with Crippen LogP contribution in [0.15, 0.2) is 24.3 Å². The van der Waals surface area contributed by atoms with Crippen LogP contribution in [0.3, 0.4) is 0 Å². The van der Waals surface area contributed by atoms with Gasteiger partial charge in [0.25, 0.3) is 0 Å². The zero-order chi connectivity index (χ0) is 12.1. The molecule has 0 aliphatic rings. The fourth-order valence-electron chi connectivity index (χ4n) is 1.44. The molecule has 0 bridgehead atoms. The maximum absolute atomic E-state index is 11.0. The number of carboxylic acid groups (broad SMARTS) is 1. The number of aliphatic carboxylic acids is 1. The molecule has 0 amide bonds. The van der Waals surface area contributed by atoms with Crippen molar-refractivity contribution < 1.29 is 9.90 Å². The van der Waals surface area contributed by atoms with Crippen molar-refractivity contribution in [2.24, 2.45) is 5.92 Å². The van der Waals surface area contributed by atoms with E-state index in [9.17, 15) is 4.79 Å². The molecule has 88 valence electrons. The molecule has 16 heavy (non-hydrogen) atoms. The Labute approximate surface area is 100 Å². The van der Waals surface area contributed by atoms with Gasteiger partial charge < -0.3 is 10.4 Å². The Morgan fingerprint density at radius 2 is 1.94 bits per heavy atom. The van der Waals surface area contributed by atoms with Gasteiger partial charge >= 0.3 is 5.97 Å². The quantitative estimate of drug-likeness (QED) is 0.832. The minimum atomic E-state index is -0.830. The molecule has 2 N–H and O–H groups in total. The van der Waals surface area contributed by atoms with E-state index in [1.54, 1.807) is 24.3 Å². The smallest absolute Gasteiger partial charge is 0.326 e. The maximum atomic E-state index is 11.0. The largest absolute Gasteiger partial charge is 0.480 e. The van der Waals surface area contributed by atoms with Gasteiger partial charge in [0, 0.05) is 10.7 Å². The lowest BCUT2D eigenvalue weighted by molar-refractivity contribution is -0.138. The van der Waals surface area contributed by atoms with Crippen LogP contribution >= 0.6 is 11.6 Å². The van der Waals surface area contributed by atoms with E-state index in [1.807, 2.05) is 13.8 Å². The molecule has 0 fully saturated rings. The molecule has 1 atom stereocenters. The summed E-state index contributed by atoms with van der Waals surface area (Å²) < 4.78 is 0. The van der Waals surface area contributed by atoms with Gasteiger partial charge in [0.1, 0.15) is 6.04 Å². The zero-order valence-electron chi connectivity index (χ0n) is 9.40. The Kier molecular flexibility index (Phi) is 4.62.